The molecule has 1 unspecified atom stereocenters. The number of hydrogen-bond donors (Lipinski definition) is 3. The summed E-state index contributed by atoms with van der Waals surface area (Å²) in [6, 6.07) is 19.1. The van der Waals surface area contributed by atoms with E-state index in [-0.39, 0.29) is 30.9 Å². The molecule has 0 aromatic heterocycles. The molecule has 3 aromatic carbocycles. The van der Waals surface area contributed by atoms with Crippen LogP contribution in [-0.4, -0.2) is 79.1 Å². The van der Waals surface area contributed by atoms with E-state index >= 15 is 4.39 Å². The van der Waals surface area contributed by atoms with Gasteiger partial charge in [-0.15, -0.1) is 0 Å². The van der Waals surface area contributed by atoms with Gasteiger partial charge in [0.05, 0.1) is 0 Å². The van der Waals surface area contributed by atoms with Crippen LogP contribution in [0.15, 0.2) is 60.7 Å². The van der Waals surface area contributed by atoms with Crippen molar-refractivity contribution in [1.82, 2.24) is 15.1 Å². The Morgan fingerprint density at radius 3 is 2.43 bits per heavy atom. The van der Waals surface area contributed by atoms with Crippen molar-refractivity contribution in [1.29, 1.82) is 5.41 Å². The molecule has 0 bridgehead atoms. The summed E-state index contributed by atoms with van der Waals surface area (Å²) in [6.07, 6.45) is 4.57. The third kappa shape index (κ3) is 6.76. The number of piperidine rings is 3. The Kier molecular flexibility index (Phi) is 9.11. The molecule has 0 spiro atoms. The Hall–Kier alpha value is -4.77. The van der Waals surface area contributed by atoms with Gasteiger partial charge in [0.1, 0.15) is 23.6 Å². The van der Waals surface area contributed by atoms with Crippen LogP contribution < -0.4 is 20.3 Å². The summed E-state index contributed by atoms with van der Waals surface area (Å²) in [6.45, 7) is 4.08. The number of ether oxygens (including phenoxy) is 1. The lowest BCUT2D eigenvalue weighted by atomic mass is 9.84. The maximum atomic E-state index is 16.4. The van der Waals surface area contributed by atoms with Gasteiger partial charge in [-0.1, -0.05) is 24.3 Å². The van der Waals surface area contributed by atoms with E-state index < -0.39 is 17.6 Å². The lowest BCUT2D eigenvalue weighted by Gasteiger charge is -2.37. The van der Waals surface area contributed by atoms with Crippen LogP contribution in [0.25, 0.3) is 0 Å². The molecular formula is C38H43FN6O4. The second-order valence-electron chi connectivity index (χ2n) is 13.6. The highest BCUT2D eigenvalue weighted by atomic mass is 19.1. The highest BCUT2D eigenvalue weighted by Crippen LogP contribution is 2.40. The zero-order valence-corrected chi connectivity index (χ0v) is 27.8. The smallest absolute Gasteiger partial charge is 0.255 e. The Morgan fingerprint density at radius 2 is 1.73 bits per heavy atom. The van der Waals surface area contributed by atoms with Crippen LogP contribution >= 0.6 is 0 Å². The highest BCUT2D eigenvalue weighted by Gasteiger charge is 2.41. The Bertz CT molecular complexity index is 1750. The normalized spacial score (nSPS) is 21.3. The first-order valence-corrected chi connectivity index (χ1v) is 17.2. The molecule has 0 aliphatic carbocycles. The van der Waals surface area contributed by atoms with Crippen molar-refractivity contribution in [2.24, 2.45) is 0 Å². The first kappa shape index (κ1) is 32.8. The molecule has 3 N–H and O–H groups in total. The number of halogens is 1. The van der Waals surface area contributed by atoms with Crippen LogP contribution in [0.2, 0.25) is 0 Å². The fraction of sp³-hybridized carbons (Fsp3) is 0.421. The molecule has 0 saturated carbocycles. The van der Waals surface area contributed by atoms with Crippen molar-refractivity contribution in [3.05, 3.63) is 88.5 Å². The topological polar surface area (TPSA) is 118 Å². The summed E-state index contributed by atoms with van der Waals surface area (Å²) >= 11 is 0. The molecule has 256 valence electrons. The zero-order valence-electron chi connectivity index (χ0n) is 27.8. The average molecular weight is 667 g/mol. The van der Waals surface area contributed by atoms with Gasteiger partial charge in [-0.05, 0) is 72.4 Å². The molecule has 4 aliphatic heterocycles. The predicted molar refractivity (Wildman–Crippen MR) is 186 cm³/mol. The summed E-state index contributed by atoms with van der Waals surface area (Å²) in [7, 11) is 1.85. The molecule has 4 aliphatic rings. The molecule has 3 fully saturated rings. The van der Waals surface area contributed by atoms with E-state index in [0.29, 0.717) is 43.5 Å². The number of likely N-dealkylation sites (tertiary alicyclic amines) is 1. The summed E-state index contributed by atoms with van der Waals surface area (Å²) in [4.78, 5) is 43.2. The summed E-state index contributed by atoms with van der Waals surface area (Å²) in [5, 5.41) is 13.1. The van der Waals surface area contributed by atoms with Crippen LogP contribution in [-0.2, 0) is 28.3 Å². The summed E-state index contributed by atoms with van der Waals surface area (Å²) in [5.41, 5.74) is 4.47. The van der Waals surface area contributed by atoms with Crippen LogP contribution in [0.4, 0.5) is 15.8 Å². The van der Waals surface area contributed by atoms with Gasteiger partial charge in [0.25, 0.3) is 5.91 Å². The largest absolute Gasteiger partial charge is 0.490 e. The van der Waals surface area contributed by atoms with E-state index in [4.69, 9.17) is 10.1 Å². The van der Waals surface area contributed by atoms with Gasteiger partial charge in [0, 0.05) is 94.3 Å². The Labute approximate surface area is 286 Å². The molecule has 10 nitrogen and oxygen atoms in total. The van der Waals surface area contributed by atoms with Crippen molar-refractivity contribution in [3.8, 4) is 5.75 Å². The third-order valence-electron chi connectivity index (χ3n) is 10.6. The number of imide groups is 1. The van der Waals surface area contributed by atoms with Crippen LogP contribution in [0, 0.1) is 5.41 Å². The molecule has 3 saturated heterocycles. The van der Waals surface area contributed by atoms with Gasteiger partial charge >= 0.3 is 0 Å². The minimum absolute atomic E-state index is 0.142. The standard InChI is InChI=1S/C38H43FN6O4/c1-41-33-9-7-31(21-26(33)22-40)49-30-12-16-44(17-13-30)29-5-2-25(3-6-29)23-43-18-14-38(39,15-19-43)28-4-8-32-27(20-28)24-45(37(32)48)34-10-11-35(46)42-36(34)47/h2-9,20-22,30,34,40-41H,10-19,23-24H2,1H3,(H,42,46,47). The number of carbonyl (C=O) groups excluding carboxylic acids is 3. The fourth-order valence-electron chi connectivity index (χ4n) is 7.66. The van der Waals surface area contributed by atoms with Crippen molar-refractivity contribution in [3.63, 3.8) is 0 Å². The first-order chi connectivity index (χ1) is 23.7. The molecule has 49 heavy (non-hydrogen) atoms. The lowest BCUT2D eigenvalue weighted by Crippen LogP contribution is -2.52. The number of amides is 3. The molecule has 11 heteroatoms. The number of anilines is 2. The molecule has 7 rings (SSSR count). The van der Waals surface area contributed by atoms with E-state index in [1.54, 1.807) is 18.2 Å². The van der Waals surface area contributed by atoms with Gasteiger partial charge in [0.15, 0.2) is 0 Å². The maximum Gasteiger partial charge on any atom is 0.255 e. The van der Waals surface area contributed by atoms with Gasteiger partial charge in [-0.25, -0.2) is 4.39 Å². The predicted octanol–water partition coefficient (Wildman–Crippen LogP) is 5.00. The number of fused-ring (bicyclic) bond motifs is 1. The molecule has 3 aromatic rings. The summed E-state index contributed by atoms with van der Waals surface area (Å²) < 4.78 is 22.6. The van der Waals surface area contributed by atoms with Gasteiger partial charge in [0.2, 0.25) is 11.8 Å². The molecule has 3 amide bonds. The van der Waals surface area contributed by atoms with Crippen molar-refractivity contribution in [2.45, 2.75) is 69.4 Å². The van der Waals surface area contributed by atoms with E-state index in [1.165, 1.54) is 22.4 Å². The summed E-state index contributed by atoms with van der Waals surface area (Å²) in [5.74, 6) is -0.209. The molecule has 4 heterocycles. The SMILES string of the molecule is CNc1ccc(OC2CCN(c3ccc(CN4CCC(F)(c5ccc6c(c5)CN(C5CCC(=O)NC5=O)C6=O)CC4)cc3)CC2)cc1C=N. The van der Waals surface area contributed by atoms with E-state index in [1.807, 2.05) is 25.2 Å². The number of nitrogens with one attached hydrogen (secondary N) is 3. The third-order valence-corrected chi connectivity index (χ3v) is 10.6. The average Bonchev–Trinajstić information content (AvgIpc) is 3.45. The number of rotatable bonds is 9. The van der Waals surface area contributed by atoms with Crippen LogP contribution in [0.5, 0.6) is 5.75 Å². The number of hydrogen-bond acceptors (Lipinski definition) is 8. The fourth-order valence-corrected chi connectivity index (χ4v) is 7.66. The minimum atomic E-state index is -1.48. The van der Waals surface area contributed by atoms with Crippen molar-refractivity contribution in [2.75, 3.05) is 43.4 Å². The monoisotopic (exact) mass is 666 g/mol. The zero-order chi connectivity index (χ0) is 34.1. The van der Waals surface area contributed by atoms with E-state index in [9.17, 15) is 14.4 Å². The van der Waals surface area contributed by atoms with E-state index in [2.05, 4.69) is 44.7 Å². The number of benzene rings is 3. The first-order valence-electron chi connectivity index (χ1n) is 17.2. The van der Waals surface area contributed by atoms with Gasteiger partial charge in [-0.3, -0.25) is 24.6 Å². The minimum Gasteiger partial charge on any atom is -0.490 e. The van der Waals surface area contributed by atoms with Gasteiger partial charge < -0.3 is 25.3 Å². The maximum absolute atomic E-state index is 16.4. The van der Waals surface area contributed by atoms with Crippen molar-refractivity contribution >= 4 is 35.3 Å². The lowest BCUT2D eigenvalue weighted by molar-refractivity contribution is -0.136. The molecule has 0 radical (unpaired) electrons. The second kappa shape index (κ2) is 13.6. The Balaban J connectivity index is 0.894. The number of carbonyl (C=O) groups is 3. The Morgan fingerprint density at radius 1 is 0.980 bits per heavy atom. The molecule has 1 atom stereocenters. The van der Waals surface area contributed by atoms with Crippen molar-refractivity contribution < 1.29 is 23.5 Å². The van der Waals surface area contributed by atoms with Gasteiger partial charge in [-0.2, -0.15) is 0 Å². The molecular weight excluding hydrogens is 623 g/mol. The highest BCUT2D eigenvalue weighted by molar-refractivity contribution is 6.05. The van der Waals surface area contributed by atoms with Crippen LogP contribution in [0.1, 0.15) is 71.1 Å². The van der Waals surface area contributed by atoms with E-state index in [0.717, 1.165) is 55.0 Å². The number of alkyl halides is 1. The second-order valence-corrected chi connectivity index (χ2v) is 13.6. The quantitative estimate of drug-likeness (QED) is 0.218. The van der Waals surface area contributed by atoms with Crippen LogP contribution in [0.3, 0.4) is 0 Å². The number of nitrogens with zero attached hydrogens (tertiary/aromatic N) is 3.